The third-order valence-electron chi connectivity index (χ3n) is 11.9. The molecule has 0 aliphatic carbocycles. The second-order valence-electron chi connectivity index (χ2n) is 16.2. The van der Waals surface area contributed by atoms with Crippen molar-refractivity contribution in [2.45, 2.75) is 124 Å². The van der Waals surface area contributed by atoms with E-state index in [1.807, 2.05) is 150 Å². The first-order valence-corrected chi connectivity index (χ1v) is 24.8. The van der Waals surface area contributed by atoms with E-state index in [0.29, 0.717) is 39.3 Å². The van der Waals surface area contributed by atoms with Gasteiger partial charge in [0.15, 0.2) is 0 Å². The van der Waals surface area contributed by atoms with Crippen molar-refractivity contribution in [3.05, 3.63) is 209 Å². The summed E-state index contributed by atoms with van der Waals surface area (Å²) >= 11 is 0. The molecular weight excluding hydrogens is 863 g/mol. The molecule has 6 aromatic rings. The van der Waals surface area contributed by atoms with E-state index in [1.54, 1.807) is 0 Å². The van der Waals surface area contributed by atoms with Gasteiger partial charge in [0.25, 0.3) is 0 Å². The normalized spacial score (nSPS) is 20.4. The minimum Gasteiger partial charge on any atom is -0.469 e. The van der Waals surface area contributed by atoms with Crippen molar-refractivity contribution in [1.82, 2.24) is 0 Å². The lowest BCUT2D eigenvalue weighted by Crippen LogP contribution is -2.61. The number of hydrogen-bond donors (Lipinski definition) is 0. The van der Waals surface area contributed by atoms with Crippen LogP contribution in [0.25, 0.3) is 0 Å². The summed E-state index contributed by atoms with van der Waals surface area (Å²) in [7, 11) is 1.38. The summed E-state index contributed by atoms with van der Waals surface area (Å²) in [4.78, 5) is 27.6. The Bertz CT molecular complexity index is 2300. The molecule has 69 heavy (non-hydrogen) atoms. The average Bonchev–Trinajstić information content (AvgIpc) is 3.42. The quantitative estimate of drug-likeness (QED) is 0.0552. The molecule has 0 bridgehead atoms. The highest BCUT2D eigenvalue weighted by Crippen LogP contribution is 2.46. The van der Waals surface area contributed by atoms with Crippen LogP contribution in [0.5, 0.6) is 0 Å². The number of methoxy groups -OCH3 is 1. The molecular formula is C60H73NO8. The predicted molar refractivity (Wildman–Crippen MR) is 275 cm³/mol. The van der Waals surface area contributed by atoms with Gasteiger partial charge in [-0.05, 0) is 51.9 Å². The molecule has 0 unspecified atom stereocenters. The molecule has 8 rings (SSSR count). The monoisotopic (exact) mass is 936 g/mol. The number of para-hydroxylation sites is 1. The number of carbonyl (C=O) groups is 2. The summed E-state index contributed by atoms with van der Waals surface area (Å²) in [6.45, 7) is 13.8. The molecule has 366 valence electrons. The van der Waals surface area contributed by atoms with E-state index in [-0.39, 0.29) is 36.9 Å². The van der Waals surface area contributed by atoms with Gasteiger partial charge in [-0.2, -0.15) is 0 Å². The predicted octanol–water partition coefficient (Wildman–Crippen LogP) is 12.7. The average molecular weight is 936 g/mol. The molecule has 9 heteroatoms. The lowest BCUT2D eigenvalue weighted by molar-refractivity contribution is -0.272. The molecule has 0 saturated carbocycles. The zero-order valence-electron chi connectivity index (χ0n) is 41.7. The van der Waals surface area contributed by atoms with E-state index < -0.39 is 30.5 Å². The van der Waals surface area contributed by atoms with Crippen LogP contribution >= 0.6 is 0 Å². The molecule has 2 fully saturated rings. The van der Waals surface area contributed by atoms with Gasteiger partial charge in [0.2, 0.25) is 5.91 Å². The second kappa shape index (κ2) is 29.8. The fourth-order valence-corrected chi connectivity index (χ4v) is 8.60. The lowest BCUT2D eigenvalue weighted by Gasteiger charge is -2.47. The number of benzene rings is 6. The van der Waals surface area contributed by atoms with Crippen molar-refractivity contribution in [2.24, 2.45) is 5.92 Å². The van der Waals surface area contributed by atoms with Gasteiger partial charge in [-0.15, -0.1) is 0 Å². The summed E-state index contributed by atoms with van der Waals surface area (Å²) < 4.78 is 39.3. The van der Waals surface area contributed by atoms with Crippen molar-refractivity contribution < 1.29 is 38.0 Å². The Morgan fingerprint density at radius 1 is 0.507 bits per heavy atom. The van der Waals surface area contributed by atoms with E-state index >= 15 is 0 Å². The fraction of sp³-hybridized carbons (Fsp3) is 0.367. The molecule has 1 amide bonds. The standard InChI is InChI=1S/C54H55NO8.3C2H6/c1-58-49(56)32-31-46-50(55(54(46)57)45-25-15-6-16-26-45)44-29-27-39(28-30-44)33-47-51(60-35-41-19-9-3-10-20-41)53(62-37-43-23-13-5-14-24-43)52(61-36-42-21-11-4-12-22-42)48(63-47)38-59-34-40-17-7-2-8-18-40;3*1-2/h2-30,46-48,50-53H,31-38H2,1H3;3*1-2H3/t46-,47+,48-,50-,51+,52-,53-;;;/m1.../s1. The third-order valence-corrected chi connectivity index (χ3v) is 11.9. The topological polar surface area (TPSA) is 92.8 Å². The Hall–Kier alpha value is -5.94. The Labute approximate surface area is 411 Å². The van der Waals surface area contributed by atoms with Crippen LogP contribution in [0.2, 0.25) is 0 Å². The van der Waals surface area contributed by atoms with Crippen LogP contribution in [-0.4, -0.2) is 56.1 Å². The fourth-order valence-electron chi connectivity index (χ4n) is 8.60. The van der Waals surface area contributed by atoms with Gasteiger partial charge in [0.1, 0.15) is 24.4 Å². The smallest absolute Gasteiger partial charge is 0.305 e. The Morgan fingerprint density at radius 3 is 1.39 bits per heavy atom. The summed E-state index contributed by atoms with van der Waals surface area (Å²) in [5.41, 5.74) is 7.04. The van der Waals surface area contributed by atoms with Gasteiger partial charge in [0.05, 0.1) is 58.2 Å². The minimum atomic E-state index is -0.536. The Morgan fingerprint density at radius 2 is 0.928 bits per heavy atom. The van der Waals surface area contributed by atoms with Crippen molar-refractivity contribution in [2.75, 3.05) is 18.6 Å². The van der Waals surface area contributed by atoms with Gasteiger partial charge in [-0.3, -0.25) is 9.59 Å². The number of amides is 1. The summed E-state index contributed by atoms with van der Waals surface area (Å²) in [6.07, 6.45) is -1.43. The molecule has 0 radical (unpaired) electrons. The maximum absolute atomic E-state index is 13.6. The maximum Gasteiger partial charge on any atom is 0.305 e. The van der Waals surface area contributed by atoms with Crippen molar-refractivity contribution in [1.29, 1.82) is 0 Å². The molecule has 9 nitrogen and oxygen atoms in total. The SMILES string of the molecule is CC.CC.CC.COC(=O)CC[C@H]1C(=O)N(c2ccccc2)[C@@H]1c1ccc(C[C@@H]2O[C@H](COCc3ccccc3)[C@@H](OCc3ccccc3)[C@H](OCc3ccccc3)[C@H]2OCc2ccccc2)cc1. The zero-order valence-corrected chi connectivity index (χ0v) is 41.7. The van der Waals surface area contributed by atoms with E-state index in [2.05, 4.69) is 72.8 Å². The van der Waals surface area contributed by atoms with Crippen LogP contribution < -0.4 is 4.90 Å². The number of ether oxygens (including phenoxy) is 6. The number of esters is 1. The second-order valence-corrected chi connectivity index (χ2v) is 16.2. The Balaban J connectivity index is 0.00000142. The molecule has 0 spiro atoms. The van der Waals surface area contributed by atoms with E-state index in [4.69, 9.17) is 28.4 Å². The van der Waals surface area contributed by atoms with Crippen LogP contribution in [-0.2, 0) is 70.9 Å². The van der Waals surface area contributed by atoms with Crippen LogP contribution in [0, 0.1) is 5.92 Å². The van der Waals surface area contributed by atoms with Crippen LogP contribution in [0.3, 0.4) is 0 Å². The lowest BCUT2D eigenvalue weighted by atomic mass is 9.78. The molecule has 0 N–H and O–H groups in total. The first-order chi connectivity index (χ1) is 34.0. The van der Waals surface area contributed by atoms with Gasteiger partial charge in [-0.1, -0.05) is 205 Å². The molecule has 7 atom stereocenters. The number of β-lactam (4-membered cyclic amide) rings is 1. The number of nitrogens with zero attached hydrogens (tertiary/aromatic N) is 1. The highest BCUT2D eigenvalue weighted by molar-refractivity contribution is 6.03. The number of hydrogen-bond acceptors (Lipinski definition) is 8. The van der Waals surface area contributed by atoms with Crippen molar-refractivity contribution >= 4 is 17.6 Å². The summed E-state index contributed by atoms with van der Waals surface area (Å²) in [5, 5.41) is 0. The minimum absolute atomic E-state index is 0.000649. The first-order valence-electron chi connectivity index (χ1n) is 24.8. The Kier molecular flexibility index (Phi) is 23.4. The van der Waals surface area contributed by atoms with Crippen molar-refractivity contribution in [3.8, 4) is 0 Å². The van der Waals surface area contributed by atoms with Gasteiger partial charge >= 0.3 is 5.97 Å². The maximum atomic E-state index is 13.6. The van der Waals surface area contributed by atoms with Crippen LogP contribution in [0.1, 0.15) is 93.8 Å². The molecule has 6 aromatic carbocycles. The number of carbonyl (C=O) groups excluding carboxylic acids is 2. The first kappa shape index (κ1) is 54.0. The largest absolute Gasteiger partial charge is 0.469 e. The molecule has 2 saturated heterocycles. The third kappa shape index (κ3) is 15.5. The molecule has 2 aliphatic heterocycles. The summed E-state index contributed by atoms with van der Waals surface area (Å²) in [6, 6.07) is 58.4. The molecule has 2 aliphatic rings. The zero-order chi connectivity index (χ0) is 49.2. The highest BCUT2D eigenvalue weighted by Gasteiger charge is 2.50. The van der Waals surface area contributed by atoms with Crippen molar-refractivity contribution in [3.63, 3.8) is 0 Å². The summed E-state index contributed by atoms with van der Waals surface area (Å²) in [5.74, 6) is -0.673. The van der Waals surface area contributed by atoms with Crippen LogP contribution in [0.4, 0.5) is 5.69 Å². The number of anilines is 1. The molecule has 2 heterocycles. The van der Waals surface area contributed by atoms with Gasteiger partial charge in [0, 0.05) is 18.5 Å². The van der Waals surface area contributed by atoms with Crippen LogP contribution in [0.15, 0.2) is 176 Å². The van der Waals surface area contributed by atoms with Gasteiger partial charge < -0.3 is 33.3 Å². The van der Waals surface area contributed by atoms with E-state index in [1.165, 1.54) is 7.11 Å². The highest BCUT2D eigenvalue weighted by atomic mass is 16.6. The number of rotatable bonds is 20. The van der Waals surface area contributed by atoms with Gasteiger partial charge in [-0.25, -0.2) is 0 Å². The molecule has 0 aromatic heterocycles. The van der Waals surface area contributed by atoms with E-state index in [0.717, 1.165) is 39.1 Å². The van der Waals surface area contributed by atoms with E-state index in [9.17, 15) is 9.59 Å².